The maximum Gasteiger partial charge on any atom is 0.131 e. The molecule has 15 heavy (non-hydrogen) atoms. The second-order valence-electron chi connectivity index (χ2n) is 3.00. The SMILES string of the molecule is COCCNCc1nnc(CCSC)s1. The monoisotopic (exact) mass is 247 g/mol. The highest BCUT2D eigenvalue weighted by Gasteiger charge is 2.02. The third-order valence-electron chi connectivity index (χ3n) is 1.79. The molecule has 0 unspecified atom stereocenters. The number of ether oxygens (including phenoxy) is 1. The number of hydrogen-bond donors (Lipinski definition) is 1. The minimum absolute atomic E-state index is 0.734. The summed E-state index contributed by atoms with van der Waals surface area (Å²) >= 11 is 3.53. The lowest BCUT2D eigenvalue weighted by Gasteiger charge is -1.99. The number of hydrogen-bond acceptors (Lipinski definition) is 6. The first-order chi connectivity index (χ1) is 7.36. The summed E-state index contributed by atoms with van der Waals surface area (Å²) < 4.78 is 4.94. The molecule has 0 aliphatic rings. The van der Waals surface area contributed by atoms with E-state index in [0.717, 1.165) is 41.9 Å². The zero-order valence-corrected chi connectivity index (χ0v) is 10.8. The number of nitrogens with one attached hydrogen (secondary N) is 1. The first-order valence-corrected chi connectivity index (χ1v) is 7.07. The smallest absolute Gasteiger partial charge is 0.131 e. The van der Waals surface area contributed by atoms with Crippen molar-refractivity contribution in [3.63, 3.8) is 0 Å². The fourth-order valence-corrected chi connectivity index (χ4v) is 2.36. The molecule has 0 aromatic carbocycles. The molecule has 0 saturated heterocycles. The van der Waals surface area contributed by atoms with Gasteiger partial charge in [0, 0.05) is 26.6 Å². The number of rotatable bonds is 8. The van der Waals surface area contributed by atoms with Gasteiger partial charge in [0.15, 0.2) is 0 Å². The molecule has 0 saturated carbocycles. The molecule has 0 amide bonds. The first kappa shape index (κ1) is 12.9. The Bertz CT molecular complexity index is 268. The quantitative estimate of drug-likeness (QED) is 0.699. The largest absolute Gasteiger partial charge is 0.383 e. The molecular weight excluding hydrogens is 230 g/mol. The third-order valence-corrected chi connectivity index (χ3v) is 3.38. The van der Waals surface area contributed by atoms with Crippen molar-refractivity contribution in [1.29, 1.82) is 0 Å². The van der Waals surface area contributed by atoms with E-state index >= 15 is 0 Å². The predicted molar refractivity (Wildman–Crippen MR) is 65.6 cm³/mol. The lowest BCUT2D eigenvalue weighted by molar-refractivity contribution is 0.199. The van der Waals surface area contributed by atoms with Crippen LogP contribution in [-0.4, -0.2) is 42.5 Å². The van der Waals surface area contributed by atoms with Gasteiger partial charge in [-0.05, 0) is 12.0 Å². The standard InChI is InChI=1S/C9H17N3OS2/c1-13-5-4-10-7-9-12-11-8(15-9)3-6-14-2/h10H,3-7H2,1-2H3. The van der Waals surface area contributed by atoms with Crippen LogP contribution in [0.5, 0.6) is 0 Å². The summed E-state index contributed by atoms with van der Waals surface area (Å²) in [6.45, 7) is 2.38. The summed E-state index contributed by atoms with van der Waals surface area (Å²) in [6, 6.07) is 0. The van der Waals surface area contributed by atoms with Gasteiger partial charge in [-0.3, -0.25) is 0 Å². The maximum absolute atomic E-state index is 4.94. The Kier molecular flexibility index (Phi) is 6.91. The van der Waals surface area contributed by atoms with E-state index in [2.05, 4.69) is 21.8 Å². The first-order valence-electron chi connectivity index (χ1n) is 4.86. The minimum atomic E-state index is 0.734. The summed E-state index contributed by atoms with van der Waals surface area (Å²) in [6.07, 6.45) is 3.13. The molecule has 1 aromatic heterocycles. The van der Waals surface area contributed by atoms with Gasteiger partial charge in [0.05, 0.1) is 6.61 Å². The molecule has 1 heterocycles. The molecule has 0 bridgehead atoms. The molecule has 0 spiro atoms. The molecule has 0 atom stereocenters. The Morgan fingerprint density at radius 2 is 2.20 bits per heavy atom. The highest BCUT2D eigenvalue weighted by atomic mass is 32.2. The van der Waals surface area contributed by atoms with Crippen molar-refractivity contribution in [2.24, 2.45) is 0 Å². The van der Waals surface area contributed by atoms with Gasteiger partial charge in [0.2, 0.25) is 0 Å². The Balaban J connectivity index is 2.20. The van der Waals surface area contributed by atoms with E-state index in [1.807, 2.05) is 11.8 Å². The molecule has 1 rings (SSSR count). The second kappa shape index (κ2) is 8.04. The van der Waals surface area contributed by atoms with E-state index in [-0.39, 0.29) is 0 Å². The Morgan fingerprint density at radius 3 is 2.93 bits per heavy atom. The van der Waals surface area contributed by atoms with Gasteiger partial charge in [-0.15, -0.1) is 21.5 Å². The Hall–Kier alpha value is -0.170. The summed E-state index contributed by atoms with van der Waals surface area (Å²) in [5.74, 6) is 1.12. The van der Waals surface area contributed by atoms with Crippen LogP contribution in [0.25, 0.3) is 0 Å². The molecule has 1 N–H and O–H groups in total. The molecule has 0 fully saturated rings. The van der Waals surface area contributed by atoms with Crippen molar-refractivity contribution in [3.05, 3.63) is 10.0 Å². The number of nitrogens with zero attached hydrogens (tertiary/aromatic N) is 2. The van der Waals surface area contributed by atoms with Crippen LogP contribution in [0.2, 0.25) is 0 Å². The zero-order chi connectivity index (χ0) is 10.9. The minimum Gasteiger partial charge on any atom is -0.383 e. The Labute approximate surface area is 98.8 Å². The van der Waals surface area contributed by atoms with Crippen LogP contribution in [0.15, 0.2) is 0 Å². The third kappa shape index (κ3) is 5.46. The molecule has 86 valence electrons. The van der Waals surface area contributed by atoms with Crippen LogP contribution in [0, 0.1) is 0 Å². The van der Waals surface area contributed by atoms with Crippen molar-refractivity contribution >= 4 is 23.1 Å². The highest BCUT2D eigenvalue weighted by Crippen LogP contribution is 2.11. The van der Waals surface area contributed by atoms with Gasteiger partial charge in [0.1, 0.15) is 10.0 Å². The van der Waals surface area contributed by atoms with Gasteiger partial charge < -0.3 is 10.1 Å². The second-order valence-corrected chi connectivity index (χ2v) is 5.13. The van der Waals surface area contributed by atoms with Crippen LogP contribution >= 0.6 is 23.1 Å². The Morgan fingerprint density at radius 1 is 1.40 bits per heavy atom. The van der Waals surface area contributed by atoms with Crippen LogP contribution in [-0.2, 0) is 17.7 Å². The molecule has 0 aliphatic heterocycles. The summed E-state index contributed by atoms with van der Waals surface area (Å²) in [7, 11) is 1.70. The van der Waals surface area contributed by atoms with Crippen molar-refractivity contribution in [2.45, 2.75) is 13.0 Å². The van der Waals surface area contributed by atoms with E-state index in [1.165, 1.54) is 0 Å². The summed E-state index contributed by atoms with van der Waals surface area (Å²) in [4.78, 5) is 0. The average Bonchev–Trinajstić information content (AvgIpc) is 2.69. The van der Waals surface area contributed by atoms with Gasteiger partial charge in [-0.25, -0.2) is 0 Å². The number of methoxy groups -OCH3 is 1. The fourth-order valence-electron chi connectivity index (χ4n) is 1.02. The van der Waals surface area contributed by atoms with Crippen LogP contribution in [0.4, 0.5) is 0 Å². The van der Waals surface area contributed by atoms with Crippen molar-refractivity contribution in [2.75, 3.05) is 32.3 Å². The van der Waals surface area contributed by atoms with Crippen molar-refractivity contribution in [3.8, 4) is 0 Å². The van der Waals surface area contributed by atoms with E-state index in [4.69, 9.17) is 4.74 Å². The van der Waals surface area contributed by atoms with Gasteiger partial charge >= 0.3 is 0 Å². The topological polar surface area (TPSA) is 47.0 Å². The maximum atomic E-state index is 4.94. The number of thioether (sulfide) groups is 1. The molecule has 0 radical (unpaired) electrons. The van der Waals surface area contributed by atoms with Crippen LogP contribution in [0.1, 0.15) is 10.0 Å². The van der Waals surface area contributed by atoms with E-state index < -0.39 is 0 Å². The van der Waals surface area contributed by atoms with Crippen molar-refractivity contribution < 1.29 is 4.74 Å². The zero-order valence-electron chi connectivity index (χ0n) is 9.15. The van der Waals surface area contributed by atoms with Gasteiger partial charge in [0.25, 0.3) is 0 Å². The molecule has 1 aromatic rings. The molecule has 6 heteroatoms. The summed E-state index contributed by atoms with van der Waals surface area (Å²) in [5, 5.41) is 13.7. The van der Waals surface area contributed by atoms with E-state index in [9.17, 15) is 0 Å². The van der Waals surface area contributed by atoms with Crippen molar-refractivity contribution in [1.82, 2.24) is 15.5 Å². The fraction of sp³-hybridized carbons (Fsp3) is 0.778. The number of aromatic nitrogens is 2. The normalized spacial score (nSPS) is 10.8. The van der Waals surface area contributed by atoms with Gasteiger partial charge in [-0.1, -0.05) is 0 Å². The van der Waals surface area contributed by atoms with Gasteiger partial charge in [-0.2, -0.15) is 11.8 Å². The molecule has 4 nitrogen and oxygen atoms in total. The van der Waals surface area contributed by atoms with E-state index in [1.54, 1.807) is 18.4 Å². The van der Waals surface area contributed by atoms with E-state index in [0.29, 0.717) is 0 Å². The highest BCUT2D eigenvalue weighted by molar-refractivity contribution is 7.98. The number of aryl methyl sites for hydroxylation is 1. The molecule has 0 aliphatic carbocycles. The molecular formula is C9H17N3OS2. The van der Waals surface area contributed by atoms with Crippen LogP contribution < -0.4 is 5.32 Å². The predicted octanol–water partition coefficient (Wildman–Crippen LogP) is 1.18. The summed E-state index contributed by atoms with van der Waals surface area (Å²) in [5.41, 5.74) is 0. The lowest BCUT2D eigenvalue weighted by Crippen LogP contribution is -2.18. The average molecular weight is 247 g/mol. The lowest BCUT2D eigenvalue weighted by atomic mass is 10.5. The van der Waals surface area contributed by atoms with Crippen LogP contribution in [0.3, 0.4) is 0 Å².